The third-order valence-electron chi connectivity index (χ3n) is 10.1. The maximum atomic E-state index is 12.4. The summed E-state index contributed by atoms with van der Waals surface area (Å²) in [5.41, 5.74) is 0. The van der Waals surface area contributed by atoms with Crippen LogP contribution in [-0.2, 0) is 4.79 Å². The van der Waals surface area contributed by atoms with Gasteiger partial charge in [-0.15, -0.1) is 0 Å². The van der Waals surface area contributed by atoms with Crippen molar-refractivity contribution in [3.63, 3.8) is 0 Å². The Kier molecular flexibility index (Phi) is 38.3. The largest absolute Gasteiger partial charge is 0.394 e. The summed E-state index contributed by atoms with van der Waals surface area (Å²) >= 11 is 0. The number of nitrogens with one attached hydrogen (secondary N) is 1. The van der Waals surface area contributed by atoms with Gasteiger partial charge in [-0.1, -0.05) is 226 Å². The highest BCUT2D eigenvalue weighted by Crippen LogP contribution is 2.17. The van der Waals surface area contributed by atoms with Gasteiger partial charge in [-0.3, -0.25) is 4.79 Å². The Morgan fingerprint density at radius 3 is 0.978 bits per heavy atom. The molecular weight excluding hydrogens is 566 g/mol. The molecule has 0 rings (SSSR count). The van der Waals surface area contributed by atoms with Crippen LogP contribution >= 0.6 is 0 Å². The second-order valence-electron chi connectivity index (χ2n) is 14.8. The van der Waals surface area contributed by atoms with E-state index in [-0.39, 0.29) is 12.5 Å². The van der Waals surface area contributed by atoms with Gasteiger partial charge in [0.05, 0.1) is 18.8 Å². The molecule has 0 bridgehead atoms. The lowest BCUT2D eigenvalue weighted by Gasteiger charge is -2.22. The molecule has 4 nitrogen and oxygen atoms in total. The Hall–Kier alpha value is -0.610. The molecule has 0 heterocycles. The first kappa shape index (κ1) is 45.4. The Bertz CT molecular complexity index is 583. The van der Waals surface area contributed by atoms with Crippen molar-refractivity contribution in [2.45, 2.75) is 257 Å². The third-order valence-corrected chi connectivity index (χ3v) is 10.1. The van der Waals surface area contributed by atoms with E-state index in [0.717, 1.165) is 25.7 Å². The van der Waals surface area contributed by atoms with Crippen LogP contribution < -0.4 is 5.32 Å². The number of carbonyl (C=O) groups excluding carboxylic acids is 1. The highest BCUT2D eigenvalue weighted by Gasteiger charge is 2.20. The molecule has 1 amide bonds. The van der Waals surface area contributed by atoms with Crippen LogP contribution in [0.5, 0.6) is 0 Å². The molecule has 0 saturated carbocycles. The van der Waals surface area contributed by atoms with Crippen LogP contribution in [-0.4, -0.2) is 34.9 Å². The molecule has 4 heteroatoms. The molecule has 0 aliphatic heterocycles. The van der Waals surface area contributed by atoms with Gasteiger partial charge in [-0.2, -0.15) is 0 Å². The molecule has 0 aromatic carbocycles. The van der Waals surface area contributed by atoms with Crippen LogP contribution in [0.25, 0.3) is 0 Å². The number of rotatable bonds is 39. The van der Waals surface area contributed by atoms with E-state index in [1.165, 1.54) is 193 Å². The van der Waals surface area contributed by atoms with Gasteiger partial charge in [0.15, 0.2) is 0 Å². The van der Waals surface area contributed by atoms with Gasteiger partial charge in [-0.05, 0) is 12.8 Å². The molecule has 0 aliphatic rings. The van der Waals surface area contributed by atoms with Crippen molar-refractivity contribution in [2.24, 2.45) is 0 Å². The molecule has 0 fully saturated rings. The first-order valence-corrected chi connectivity index (χ1v) is 21.2. The number of unbranched alkanes of at least 4 members (excludes halogenated alkanes) is 32. The molecule has 0 unspecified atom stereocenters. The summed E-state index contributed by atoms with van der Waals surface area (Å²) < 4.78 is 0. The fourth-order valence-corrected chi connectivity index (χ4v) is 6.83. The monoisotopic (exact) mass is 652 g/mol. The maximum Gasteiger partial charge on any atom is 0.220 e. The van der Waals surface area contributed by atoms with Crippen molar-refractivity contribution >= 4 is 5.91 Å². The molecule has 0 aliphatic carbocycles. The standard InChI is InChI=1S/C42H85NO3/c1-3-5-7-9-11-13-15-16-17-18-19-20-21-22-23-24-25-26-28-30-32-34-36-38-42(46)43-40(39-44)41(45)37-35-33-31-29-27-14-12-10-8-6-4-2/h40-41,44-45H,3-39H2,1-2H3,(H,43,46)/t40-,41+/m0/s1. The van der Waals surface area contributed by atoms with Crippen LogP contribution in [0.1, 0.15) is 245 Å². The molecule has 0 spiro atoms. The number of hydrogen-bond acceptors (Lipinski definition) is 3. The zero-order valence-electron chi connectivity index (χ0n) is 31.6. The predicted octanol–water partition coefficient (Wildman–Crippen LogP) is 12.9. The number of aliphatic hydroxyl groups is 2. The average Bonchev–Trinajstić information content (AvgIpc) is 3.06. The van der Waals surface area contributed by atoms with E-state index in [0.29, 0.717) is 12.8 Å². The van der Waals surface area contributed by atoms with Gasteiger partial charge < -0.3 is 15.5 Å². The van der Waals surface area contributed by atoms with Gasteiger partial charge in [-0.25, -0.2) is 0 Å². The van der Waals surface area contributed by atoms with E-state index in [1.807, 2.05) is 0 Å². The van der Waals surface area contributed by atoms with Gasteiger partial charge in [0.1, 0.15) is 0 Å². The van der Waals surface area contributed by atoms with Crippen LogP contribution in [0.4, 0.5) is 0 Å². The van der Waals surface area contributed by atoms with Crippen molar-refractivity contribution in [3.8, 4) is 0 Å². The van der Waals surface area contributed by atoms with E-state index < -0.39 is 12.1 Å². The average molecular weight is 652 g/mol. The Morgan fingerprint density at radius 2 is 0.696 bits per heavy atom. The second-order valence-corrected chi connectivity index (χ2v) is 14.8. The minimum atomic E-state index is -0.651. The molecule has 2 atom stereocenters. The summed E-state index contributed by atoms with van der Waals surface area (Å²) in [6.07, 6.45) is 46.1. The lowest BCUT2D eigenvalue weighted by molar-refractivity contribution is -0.123. The molecule has 276 valence electrons. The van der Waals surface area contributed by atoms with Crippen LogP contribution in [0, 0.1) is 0 Å². The Balaban J connectivity index is 3.42. The van der Waals surface area contributed by atoms with Crippen molar-refractivity contribution in [2.75, 3.05) is 6.61 Å². The summed E-state index contributed by atoms with van der Waals surface area (Å²) in [7, 11) is 0. The van der Waals surface area contributed by atoms with Crippen molar-refractivity contribution < 1.29 is 15.0 Å². The summed E-state index contributed by atoms with van der Waals surface area (Å²) in [5, 5.41) is 23.1. The Labute approximate surface area is 289 Å². The molecular formula is C42H85NO3. The van der Waals surface area contributed by atoms with Gasteiger partial charge in [0.25, 0.3) is 0 Å². The zero-order chi connectivity index (χ0) is 33.6. The van der Waals surface area contributed by atoms with Gasteiger partial charge in [0.2, 0.25) is 5.91 Å². The first-order chi connectivity index (χ1) is 22.7. The van der Waals surface area contributed by atoms with Crippen LogP contribution in [0.2, 0.25) is 0 Å². The van der Waals surface area contributed by atoms with Crippen LogP contribution in [0.3, 0.4) is 0 Å². The Morgan fingerprint density at radius 1 is 0.435 bits per heavy atom. The zero-order valence-corrected chi connectivity index (χ0v) is 31.6. The maximum absolute atomic E-state index is 12.4. The normalized spacial score (nSPS) is 12.9. The second kappa shape index (κ2) is 38.8. The van der Waals surface area contributed by atoms with Crippen molar-refractivity contribution in [3.05, 3.63) is 0 Å². The molecule has 0 saturated heterocycles. The molecule has 46 heavy (non-hydrogen) atoms. The number of amides is 1. The number of hydrogen-bond donors (Lipinski definition) is 3. The molecule has 0 radical (unpaired) electrons. The lowest BCUT2D eigenvalue weighted by Crippen LogP contribution is -2.45. The van der Waals surface area contributed by atoms with E-state index in [4.69, 9.17) is 0 Å². The van der Waals surface area contributed by atoms with E-state index in [1.54, 1.807) is 0 Å². The fourth-order valence-electron chi connectivity index (χ4n) is 6.83. The van der Waals surface area contributed by atoms with Crippen molar-refractivity contribution in [1.82, 2.24) is 5.32 Å². The summed E-state index contributed by atoms with van der Waals surface area (Å²) in [6, 6.07) is -0.528. The van der Waals surface area contributed by atoms with Gasteiger partial charge in [0, 0.05) is 6.42 Å². The minimum Gasteiger partial charge on any atom is -0.394 e. The SMILES string of the molecule is CCCCCCCCCCCCCCCCCCCCCCCCCC(=O)N[C@@H](CO)[C@H](O)CCCCCCCCCCCCC. The first-order valence-electron chi connectivity index (χ1n) is 21.2. The molecule has 3 N–H and O–H groups in total. The van der Waals surface area contributed by atoms with E-state index in [2.05, 4.69) is 19.2 Å². The van der Waals surface area contributed by atoms with E-state index in [9.17, 15) is 15.0 Å². The third kappa shape index (κ3) is 34.7. The predicted molar refractivity (Wildman–Crippen MR) is 203 cm³/mol. The highest BCUT2D eigenvalue weighted by molar-refractivity contribution is 5.76. The molecule has 0 aromatic rings. The van der Waals surface area contributed by atoms with Crippen molar-refractivity contribution in [1.29, 1.82) is 0 Å². The lowest BCUT2D eigenvalue weighted by atomic mass is 10.0. The highest BCUT2D eigenvalue weighted by atomic mass is 16.3. The van der Waals surface area contributed by atoms with E-state index >= 15 is 0 Å². The minimum absolute atomic E-state index is 0.0273. The summed E-state index contributed by atoms with van der Waals surface area (Å²) in [6.45, 7) is 4.37. The van der Waals surface area contributed by atoms with Gasteiger partial charge >= 0.3 is 0 Å². The number of carbonyl (C=O) groups is 1. The topological polar surface area (TPSA) is 69.6 Å². The summed E-state index contributed by atoms with van der Waals surface area (Å²) in [5.74, 6) is -0.0273. The molecule has 0 aromatic heterocycles. The quantitative estimate of drug-likeness (QED) is 0.0579. The number of aliphatic hydroxyl groups excluding tert-OH is 2. The smallest absolute Gasteiger partial charge is 0.220 e. The van der Waals surface area contributed by atoms with Crippen LogP contribution in [0.15, 0.2) is 0 Å². The summed E-state index contributed by atoms with van der Waals surface area (Å²) in [4.78, 5) is 12.4. The fraction of sp³-hybridized carbons (Fsp3) is 0.976.